The van der Waals surface area contributed by atoms with Gasteiger partial charge in [0.15, 0.2) is 5.82 Å². The molecular weight excluding hydrogens is 537 g/mol. The average Bonchev–Trinajstić information content (AvgIpc) is 3.62. The normalized spacial score (nSPS) is 19.7. The van der Waals surface area contributed by atoms with Gasteiger partial charge in [-0.2, -0.15) is 5.10 Å². The average molecular weight is 567 g/mol. The van der Waals surface area contributed by atoms with Crippen LogP contribution < -0.4 is 5.32 Å². The molecule has 0 unspecified atom stereocenters. The van der Waals surface area contributed by atoms with Gasteiger partial charge in [0.2, 0.25) is 0 Å². The minimum Gasteiger partial charge on any atom is -0.330 e. The predicted octanol–water partition coefficient (Wildman–Crippen LogP) is 5.67. The van der Waals surface area contributed by atoms with Crippen LogP contribution in [-0.4, -0.2) is 53.0 Å². The number of thioether (sulfide) groups is 1. The van der Waals surface area contributed by atoms with Gasteiger partial charge in [-0.15, -0.1) is 11.3 Å². The van der Waals surface area contributed by atoms with Crippen LogP contribution in [0, 0.1) is 19.8 Å². The maximum atomic E-state index is 13.1. The maximum absolute atomic E-state index is 13.1. The summed E-state index contributed by atoms with van der Waals surface area (Å²) in [6.07, 6.45) is 5.70. The summed E-state index contributed by atoms with van der Waals surface area (Å²) in [6.45, 7) is 8.55. The first kappa shape index (κ1) is 26.7. The molecule has 8 nitrogen and oxygen atoms in total. The molecule has 4 heterocycles. The lowest BCUT2D eigenvalue weighted by Crippen LogP contribution is -2.28. The lowest BCUT2D eigenvalue weighted by Gasteiger charge is -2.27. The van der Waals surface area contributed by atoms with Gasteiger partial charge >= 0.3 is 0 Å². The Balaban J connectivity index is 1.17. The second kappa shape index (κ2) is 11.5. The molecule has 0 aromatic carbocycles. The summed E-state index contributed by atoms with van der Waals surface area (Å²) in [7, 11) is 0. The van der Waals surface area contributed by atoms with E-state index < -0.39 is 0 Å². The SMILES string of the molecule is C=C1CSC(=S)N1CCC(=O)C1CCC(c2nc(C(=O)Nc3cccnc3-n3nc(C)cc3C)cs2)CC1. The number of thiocarbonyl (C=S) groups is 1. The Morgan fingerprint density at radius 2 is 2.03 bits per heavy atom. The number of anilines is 1. The van der Waals surface area contributed by atoms with Crippen molar-refractivity contribution in [1.29, 1.82) is 0 Å². The molecule has 1 aliphatic carbocycles. The van der Waals surface area contributed by atoms with Gasteiger partial charge in [0.25, 0.3) is 5.91 Å². The molecule has 2 fully saturated rings. The van der Waals surface area contributed by atoms with Crippen LogP contribution in [0.3, 0.4) is 0 Å². The topological polar surface area (TPSA) is 93.0 Å². The summed E-state index contributed by atoms with van der Waals surface area (Å²) in [5.74, 6) is 1.79. The van der Waals surface area contributed by atoms with E-state index in [-0.39, 0.29) is 17.7 Å². The van der Waals surface area contributed by atoms with Crippen LogP contribution in [0.15, 0.2) is 42.1 Å². The van der Waals surface area contributed by atoms with E-state index in [2.05, 4.69) is 27.0 Å². The number of rotatable bonds is 8. The molecule has 1 amide bonds. The fraction of sp³-hybridized carbons (Fsp3) is 0.407. The Bertz CT molecular complexity index is 1370. The Labute approximate surface area is 235 Å². The number of hydrogen-bond acceptors (Lipinski definition) is 8. The highest BCUT2D eigenvalue weighted by atomic mass is 32.2. The van der Waals surface area contributed by atoms with Crippen molar-refractivity contribution in [2.24, 2.45) is 5.92 Å². The second-order valence-corrected chi connectivity index (χ2v) is 12.3. The van der Waals surface area contributed by atoms with Gasteiger partial charge in [0, 0.05) is 53.5 Å². The Morgan fingerprint density at radius 3 is 2.71 bits per heavy atom. The first-order chi connectivity index (χ1) is 18.3. The lowest BCUT2D eigenvalue weighted by atomic mass is 9.79. The Kier molecular flexibility index (Phi) is 8.06. The number of aryl methyl sites for hydroxylation is 2. The number of nitrogens with zero attached hydrogens (tertiary/aromatic N) is 5. The molecule has 3 aromatic heterocycles. The van der Waals surface area contributed by atoms with E-state index >= 15 is 0 Å². The van der Waals surface area contributed by atoms with Crippen molar-refractivity contribution in [3.05, 3.63) is 64.1 Å². The van der Waals surface area contributed by atoms with Crippen LogP contribution in [0.1, 0.15) is 64.9 Å². The van der Waals surface area contributed by atoms with E-state index in [4.69, 9.17) is 12.2 Å². The van der Waals surface area contributed by atoms with Crippen LogP contribution in [0.4, 0.5) is 5.69 Å². The van der Waals surface area contributed by atoms with Gasteiger partial charge in [-0.05, 0) is 57.7 Å². The summed E-state index contributed by atoms with van der Waals surface area (Å²) >= 11 is 8.49. The number of hydrogen-bond donors (Lipinski definition) is 1. The van der Waals surface area contributed by atoms with Crippen LogP contribution in [0.25, 0.3) is 5.82 Å². The highest BCUT2D eigenvalue weighted by Crippen LogP contribution is 2.38. The molecule has 1 saturated heterocycles. The summed E-state index contributed by atoms with van der Waals surface area (Å²) in [4.78, 5) is 37.0. The largest absolute Gasteiger partial charge is 0.330 e. The third kappa shape index (κ3) is 5.74. The third-order valence-corrected chi connectivity index (χ3v) is 9.60. The summed E-state index contributed by atoms with van der Waals surface area (Å²) in [6, 6.07) is 5.56. The molecule has 0 spiro atoms. The standard InChI is InChI=1S/C27H30N6O2S3/c1-16-13-17(2)33(31-16)24-21(5-4-11-28-24)29-25(35)22-15-37-26(30-22)20-8-6-19(7-9-20)23(34)10-12-32-18(3)14-38-27(32)36/h4-5,11,13,15,19-20H,3,6-10,12,14H2,1-2H3,(H,29,35). The molecule has 2 aliphatic rings. The molecule has 11 heteroatoms. The van der Waals surface area contributed by atoms with Crippen LogP contribution in [-0.2, 0) is 4.79 Å². The Morgan fingerprint density at radius 1 is 1.24 bits per heavy atom. The molecule has 1 aliphatic heterocycles. The minimum absolute atomic E-state index is 0.0875. The second-order valence-electron chi connectivity index (χ2n) is 9.78. The number of pyridine rings is 1. The van der Waals surface area contributed by atoms with Crippen molar-refractivity contribution in [2.75, 3.05) is 17.6 Å². The van der Waals surface area contributed by atoms with Gasteiger partial charge in [0.05, 0.1) is 16.4 Å². The van der Waals surface area contributed by atoms with Crippen LogP contribution >= 0.6 is 35.3 Å². The molecular formula is C27H30N6O2S3. The zero-order valence-electron chi connectivity index (χ0n) is 21.5. The molecule has 1 N–H and O–H groups in total. The number of carbonyl (C=O) groups excluding carboxylic acids is 2. The van der Waals surface area contributed by atoms with Crippen molar-refractivity contribution in [3.63, 3.8) is 0 Å². The molecule has 38 heavy (non-hydrogen) atoms. The molecule has 198 valence electrons. The first-order valence-corrected chi connectivity index (χ1v) is 15.0. The summed E-state index contributed by atoms with van der Waals surface area (Å²) < 4.78 is 2.55. The highest BCUT2D eigenvalue weighted by Gasteiger charge is 2.30. The number of nitrogens with one attached hydrogen (secondary N) is 1. The molecule has 1 saturated carbocycles. The van der Waals surface area contributed by atoms with E-state index in [9.17, 15) is 9.59 Å². The van der Waals surface area contributed by atoms with Crippen molar-refractivity contribution >= 4 is 57.0 Å². The zero-order chi connectivity index (χ0) is 26.8. The van der Waals surface area contributed by atoms with Gasteiger partial charge in [0.1, 0.15) is 15.8 Å². The van der Waals surface area contributed by atoms with Crippen LogP contribution in [0.5, 0.6) is 0 Å². The highest BCUT2D eigenvalue weighted by molar-refractivity contribution is 8.23. The molecule has 0 bridgehead atoms. The number of carbonyl (C=O) groups is 2. The van der Waals surface area contributed by atoms with E-state index in [0.717, 1.165) is 57.8 Å². The van der Waals surface area contributed by atoms with Crippen molar-refractivity contribution in [3.8, 4) is 5.82 Å². The molecule has 0 radical (unpaired) electrons. The zero-order valence-corrected chi connectivity index (χ0v) is 23.9. The number of Topliss-reactive ketones (excluding diaryl/α,β-unsaturated/α-hetero) is 1. The first-order valence-electron chi connectivity index (χ1n) is 12.7. The number of amides is 1. The Hall–Kier alpha value is -2.89. The summed E-state index contributed by atoms with van der Waals surface area (Å²) in [5, 5.41) is 10.2. The van der Waals surface area contributed by atoms with Crippen LogP contribution in [0.2, 0.25) is 0 Å². The number of aromatic nitrogens is 4. The van der Waals surface area contributed by atoms with Crippen molar-refractivity contribution in [2.45, 2.75) is 51.9 Å². The van der Waals surface area contributed by atoms with E-state index in [0.29, 0.717) is 35.9 Å². The number of thiazole rings is 1. The van der Waals surface area contributed by atoms with Crippen molar-refractivity contribution < 1.29 is 9.59 Å². The van der Waals surface area contributed by atoms with Gasteiger partial charge in [-0.25, -0.2) is 14.6 Å². The smallest absolute Gasteiger partial charge is 0.275 e. The van der Waals surface area contributed by atoms with E-state index in [1.165, 1.54) is 11.3 Å². The predicted molar refractivity (Wildman–Crippen MR) is 156 cm³/mol. The number of ketones is 1. The monoisotopic (exact) mass is 566 g/mol. The quantitative estimate of drug-likeness (QED) is 0.349. The fourth-order valence-corrected chi connectivity index (χ4v) is 7.23. The molecule has 0 atom stereocenters. The third-order valence-electron chi connectivity index (χ3n) is 7.08. The summed E-state index contributed by atoms with van der Waals surface area (Å²) in [5.41, 5.74) is 3.78. The molecule has 3 aromatic rings. The van der Waals surface area contributed by atoms with E-state index in [1.54, 1.807) is 28.7 Å². The fourth-order valence-electron chi connectivity index (χ4n) is 5.04. The lowest BCUT2D eigenvalue weighted by molar-refractivity contribution is -0.123. The van der Waals surface area contributed by atoms with Gasteiger partial charge < -0.3 is 10.2 Å². The maximum Gasteiger partial charge on any atom is 0.275 e. The van der Waals surface area contributed by atoms with Crippen molar-refractivity contribution in [1.82, 2.24) is 24.6 Å². The van der Waals surface area contributed by atoms with Gasteiger partial charge in [-0.1, -0.05) is 30.6 Å². The van der Waals surface area contributed by atoms with Gasteiger partial charge in [-0.3, -0.25) is 9.59 Å². The van der Waals surface area contributed by atoms with E-state index in [1.807, 2.05) is 36.3 Å². The molecule has 5 rings (SSSR count). The minimum atomic E-state index is -0.272.